The van der Waals surface area contributed by atoms with Crippen LogP contribution >= 0.6 is 11.8 Å². The van der Waals surface area contributed by atoms with Gasteiger partial charge in [-0.15, -0.1) is 0 Å². The van der Waals surface area contributed by atoms with Crippen LogP contribution in [0.4, 0.5) is 0 Å². The van der Waals surface area contributed by atoms with E-state index < -0.39 is 10.0 Å². The van der Waals surface area contributed by atoms with Crippen molar-refractivity contribution < 1.29 is 13.2 Å². The number of para-hydroxylation sites is 1. The minimum Gasteiger partial charge on any atom is -0.356 e. The van der Waals surface area contributed by atoms with E-state index in [0.29, 0.717) is 19.6 Å². The third-order valence-electron chi connectivity index (χ3n) is 5.38. The van der Waals surface area contributed by atoms with Crippen molar-refractivity contribution >= 4 is 27.7 Å². The summed E-state index contributed by atoms with van der Waals surface area (Å²) in [6.07, 6.45) is 1.38. The second-order valence-electron chi connectivity index (χ2n) is 7.34. The van der Waals surface area contributed by atoms with E-state index in [-0.39, 0.29) is 16.5 Å². The number of aromatic nitrogens is 3. The molecule has 0 radical (unpaired) electrons. The molecule has 10 heteroatoms. The highest BCUT2D eigenvalue weighted by Gasteiger charge is 2.28. The molecule has 164 valence electrons. The predicted octanol–water partition coefficient (Wildman–Crippen LogP) is 2.48. The average Bonchev–Trinajstić information content (AvgIpc) is 3.39. The summed E-state index contributed by atoms with van der Waals surface area (Å²) in [6, 6.07) is 11.2. The van der Waals surface area contributed by atoms with E-state index in [1.165, 1.54) is 16.6 Å². The van der Waals surface area contributed by atoms with Gasteiger partial charge < -0.3 is 10.3 Å². The Morgan fingerprint density at radius 3 is 2.61 bits per heavy atom. The maximum atomic E-state index is 12.8. The van der Waals surface area contributed by atoms with Crippen LogP contribution < -0.4 is 5.32 Å². The molecule has 1 amide bonds. The summed E-state index contributed by atoms with van der Waals surface area (Å²) in [5.74, 6) is 1.21. The largest absolute Gasteiger partial charge is 0.356 e. The molecule has 4 rings (SSSR count). The molecule has 8 nitrogen and oxygen atoms in total. The lowest BCUT2D eigenvalue weighted by Gasteiger charge is -2.24. The Labute approximate surface area is 186 Å². The number of sulfonamides is 1. The van der Waals surface area contributed by atoms with Gasteiger partial charge in [-0.25, -0.2) is 13.1 Å². The molecule has 0 aliphatic carbocycles. The number of H-pyrrole nitrogens is 1. The average molecular weight is 460 g/mol. The van der Waals surface area contributed by atoms with Crippen LogP contribution in [0.25, 0.3) is 5.69 Å². The number of nitrogens with one attached hydrogen (secondary N) is 2. The Balaban J connectivity index is 1.46. The van der Waals surface area contributed by atoms with Crippen molar-refractivity contribution in [2.24, 2.45) is 0 Å². The molecule has 0 saturated carbocycles. The van der Waals surface area contributed by atoms with Gasteiger partial charge in [-0.3, -0.25) is 4.79 Å². The van der Waals surface area contributed by atoms with Gasteiger partial charge in [0.15, 0.2) is 0 Å². The first-order chi connectivity index (χ1) is 14.9. The van der Waals surface area contributed by atoms with Crippen LogP contribution in [0.5, 0.6) is 0 Å². The number of aromatic amines is 1. The first-order valence-electron chi connectivity index (χ1n) is 10.0. The minimum absolute atomic E-state index is 0.119. The normalized spacial score (nSPS) is 15.2. The highest BCUT2D eigenvalue weighted by atomic mass is 32.2. The molecule has 31 heavy (non-hydrogen) atoms. The molecule has 0 bridgehead atoms. The van der Waals surface area contributed by atoms with Crippen molar-refractivity contribution in [2.45, 2.75) is 25.3 Å². The molecule has 1 aliphatic heterocycles. The molecule has 1 aliphatic rings. The van der Waals surface area contributed by atoms with Gasteiger partial charge in [0.25, 0.3) is 5.91 Å². The van der Waals surface area contributed by atoms with Crippen molar-refractivity contribution in [3.8, 4) is 5.69 Å². The minimum atomic E-state index is -3.59. The van der Waals surface area contributed by atoms with E-state index in [0.717, 1.165) is 34.1 Å². The quantitative estimate of drug-likeness (QED) is 0.590. The van der Waals surface area contributed by atoms with E-state index >= 15 is 0 Å². The zero-order valence-corrected chi connectivity index (χ0v) is 19.1. The second kappa shape index (κ2) is 8.89. The van der Waals surface area contributed by atoms with Gasteiger partial charge in [0, 0.05) is 48.6 Å². The number of hydrogen-bond acceptors (Lipinski definition) is 5. The number of amides is 1. The van der Waals surface area contributed by atoms with E-state index in [4.69, 9.17) is 0 Å². The fraction of sp³-hybridized carbons (Fsp3) is 0.333. The van der Waals surface area contributed by atoms with Crippen molar-refractivity contribution in [3.05, 3.63) is 65.2 Å². The van der Waals surface area contributed by atoms with E-state index in [1.54, 1.807) is 11.8 Å². The number of rotatable bonds is 6. The molecule has 1 fully saturated rings. The third kappa shape index (κ3) is 4.41. The Morgan fingerprint density at radius 2 is 1.90 bits per heavy atom. The van der Waals surface area contributed by atoms with Gasteiger partial charge in [0.1, 0.15) is 10.6 Å². The van der Waals surface area contributed by atoms with Crippen molar-refractivity contribution in [3.63, 3.8) is 0 Å². The third-order valence-corrected chi connectivity index (χ3v) is 8.20. The molecule has 1 aromatic carbocycles. The maximum Gasteiger partial charge on any atom is 0.268 e. The number of thioether (sulfide) groups is 1. The highest BCUT2D eigenvalue weighted by Crippen LogP contribution is 2.21. The number of aryl methyl sites for hydroxylation is 1. The molecule has 0 atom stereocenters. The Morgan fingerprint density at radius 1 is 1.19 bits per heavy atom. The lowest BCUT2D eigenvalue weighted by atomic mass is 10.2. The van der Waals surface area contributed by atoms with E-state index in [2.05, 4.69) is 15.4 Å². The SMILES string of the molecule is Cc1nn(-c2ccccc2)c(C)c1CNC(=O)c1cc(S(=O)(=O)N2CCSCC2)c[nH]1. The summed E-state index contributed by atoms with van der Waals surface area (Å²) < 4.78 is 28.9. The molecular formula is C21H25N5O3S2. The summed E-state index contributed by atoms with van der Waals surface area (Å²) in [6.45, 7) is 5.15. The standard InChI is InChI=1S/C21H25N5O3S2/c1-15-19(16(2)26(24-15)17-6-4-3-5-7-17)14-23-21(27)20-12-18(13-22-20)31(28,29)25-8-10-30-11-9-25/h3-7,12-13,22H,8-11,14H2,1-2H3,(H,23,27). The zero-order chi connectivity index (χ0) is 22.0. The van der Waals surface area contributed by atoms with Crippen molar-refractivity contribution in [1.29, 1.82) is 0 Å². The van der Waals surface area contributed by atoms with Crippen LogP contribution in [0.2, 0.25) is 0 Å². The molecule has 0 unspecified atom stereocenters. The number of nitrogens with zero attached hydrogens (tertiary/aromatic N) is 3. The Hall–Kier alpha value is -2.56. The highest BCUT2D eigenvalue weighted by molar-refractivity contribution is 7.99. The van der Waals surface area contributed by atoms with Gasteiger partial charge in [-0.05, 0) is 32.0 Å². The van der Waals surface area contributed by atoms with E-state index in [9.17, 15) is 13.2 Å². The zero-order valence-electron chi connectivity index (χ0n) is 17.5. The summed E-state index contributed by atoms with van der Waals surface area (Å²) >= 11 is 1.74. The Kier molecular flexibility index (Phi) is 6.22. The monoisotopic (exact) mass is 459 g/mol. The number of carbonyl (C=O) groups excluding carboxylic acids is 1. The summed E-state index contributed by atoms with van der Waals surface area (Å²) in [4.78, 5) is 15.6. The van der Waals surface area contributed by atoms with Gasteiger partial charge >= 0.3 is 0 Å². The first kappa shape index (κ1) is 21.7. The van der Waals surface area contributed by atoms with Crippen LogP contribution in [-0.4, -0.2) is 58.0 Å². The summed E-state index contributed by atoms with van der Waals surface area (Å²) in [5, 5.41) is 7.46. The van der Waals surface area contributed by atoms with Gasteiger partial charge in [-0.2, -0.15) is 21.2 Å². The van der Waals surface area contributed by atoms with Gasteiger partial charge in [0.05, 0.1) is 11.4 Å². The fourth-order valence-electron chi connectivity index (χ4n) is 3.61. The molecule has 1 saturated heterocycles. The molecule has 2 N–H and O–H groups in total. The van der Waals surface area contributed by atoms with E-state index in [1.807, 2.05) is 48.9 Å². The van der Waals surface area contributed by atoms with Gasteiger partial charge in [0.2, 0.25) is 10.0 Å². The molecule has 3 heterocycles. The second-order valence-corrected chi connectivity index (χ2v) is 10.5. The first-order valence-corrected chi connectivity index (χ1v) is 12.6. The Bertz CT molecular complexity index is 1180. The van der Waals surface area contributed by atoms with Crippen LogP contribution in [0.15, 0.2) is 47.5 Å². The van der Waals surface area contributed by atoms with Crippen molar-refractivity contribution in [1.82, 2.24) is 24.4 Å². The van der Waals surface area contributed by atoms with Crippen LogP contribution in [-0.2, 0) is 16.6 Å². The molecular weight excluding hydrogens is 434 g/mol. The molecule has 0 spiro atoms. The topological polar surface area (TPSA) is 100 Å². The smallest absolute Gasteiger partial charge is 0.268 e. The molecule has 3 aromatic rings. The number of hydrogen-bond donors (Lipinski definition) is 2. The number of carbonyl (C=O) groups is 1. The molecule has 2 aromatic heterocycles. The van der Waals surface area contributed by atoms with Crippen LogP contribution in [0.3, 0.4) is 0 Å². The number of benzene rings is 1. The lowest BCUT2D eigenvalue weighted by Crippen LogP contribution is -2.37. The van der Waals surface area contributed by atoms with Crippen LogP contribution in [0, 0.1) is 13.8 Å². The lowest BCUT2D eigenvalue weighted by molar-refractivity contribution is 0.0946. The maximum absolute atomic E-state index is 12.8. The summed E-state index contributed by atoms with van der Waals surface area (Å²) in [5.41, 5.74) is 3.88. The van der Waals surface area contributed by atoms with Crippen molar-refractivity contribution in [2.75, 3.05) is 24.6 Å². The predicted molar refractivity (Wildman–Crippen MR) is 121 cm³/mol. The fourth-order valence-corrected chi connectivity index (χ4v) is 6.18. The summed E-state index contributed by atoms with van der Waals surface area (Å²) in [7, 11) is -3.59. The van der Waals surface area contributed by atoms with Gasteiger partial charge in [-0.1, -0.05) is 18.2 Å². The van der Waals surface area contributed by atoms with Crippen LogP contribution in [0.1, 0.15) is 27.4 Å².